The molecule has 1 aromatic rings. The Balaban J connectivity index is 2.95. The van der Waals surface area contributed by atoms with Gasteiger partial charge in [0.2, 0.25) is 0 Å². The van der Waals surface area contributed by atoms with Crippen LogP contribution in [0.5, 0.6) is 0 Å². The molecule has 0 saturated carbocycles. The van der Waals surface area contributed by atoms with Crippen LogP contribution in [0, 0.1) is 5.92 Å². The highest BCUT2D eigenvalue weighted by atomic mass is 16.5. The molecule has 0 radical (unpaired) electrons. The molecule has 2 atom stereocenters. The number of nitrogens with one attached hydrogen (secondary N) is 1. The summed E-state index contributed by atoms with van der Waals surface area (Å²) in [5.74, 6) is 1.51. The summed E-state index contributed by atoms with van der Waals surface area (Å²) in [6.45, 7) is 10.2. The van der Waals surface area contributed by atoms with Crippen LogP contribution in [0.1, 0.15) is 39.6 Å². The maximum absolute atomic E-state index is 5.86. The van der Waals surface area contributed by atoms with E-state index in [2.05, 4.69) is 35.6 Å². The van der Waals surface area contributed by atoms with Crippen LogP contribution < -0.4 is 5.32 Å². The fraction of sp³-hybridized carbons (Fsp3) is 0.769. The summed E-state index contributed by atoms with van der Waals surface area (Å²) in [6.07, 6.45) is 4.02. The van der Waals surface area contributed by atoms with Crippen molar-refractivity contribution in [2.45, 2.75) is 46.4 Å². The highest BCUT2D eigenvalue weighted by Gasteiger charge is 2.28. The summed E-state index contributed by atoms with van der Waals surface area (Å²) in [4.78, 5) is 4.46. The standard InChI is InChI=1S/C13H25N3O/c1-6-16-9-8-15-13(16)11(14-5)12(10(3)4)17-7-2/h8-12,14H,6-7H2,1-5H3. The topological polar surface area (TPSA) is 39.1 Å². The van der Waals surface area contributed by atoms with Crippen molar-refractivity contribution in [1.29, 1.82) is 0 Å². The molecule has 0 bridgehead atoms. The van der Waals surface area contributed by atoms with Gasteiger partial charge in [-0.3, -0.25) is 0 Å². The number of rotatable bonds is 7. The van der Waals surface area contributed by atoms with Crippen LogP contribution in [0.25, 0.3) is 0 Å². The number of hydrogen-bond acceptors (Lipinski definition) is 3. The van der Waals surface area contributed by atoms with E-state index in [0.29, 0.717) is 5.92 Å². The van der Waals surface area contributed by atoms with Crippen LogP contribution in [0.4, 0.5) is 0 Å². The third-order valence-electron chi connectivity index (χ3n) is 3.02. The normalized spacial score (nSPS) is 15.2. The fourth-order valence-electron chi connectivity index (χ4n) is 2.17. The number of likely N-dealkylation sites (N-methyl/N-ethyl adjacent to an activating group) is 1. The van der Waals surface area contributed by atoms with Crippen molar-refractivity contribution in [1.82, 2.24) is 14.9 Å². The van der Waals surface area contributed by atoms with Crippen LogP contribution in [0.15, 0.2) is 12.4 Å². The molecule has 1 rings (SSSR count). The summed E-state index contributed by atoms with van der Waals surface area (Å²) in [7, 11) is 1.97. The van der Waals surface area contributed by atoms with Gasteiger partial charge in [-0.25, -0.2) is 4.98 Å². The molecule has 2 unspecified atom stereocenters. The van der Waals surface area contributed by atoms with Crippen molar-refractivity contribution in [3.8, 4) is 0 Å². The van der Waals surface area contributed by atoms with Crippen molar-refractivity contribution in [3.63, 3.8) is 0 Å². The molecule has 0 aromatic carbocycles. The van der Waals surface area contributed by atoms with Gasteiger partial charge in [-0.15, -0.1) is 0 Å². The Hall–Kier alpha value is -0.870. The van der Waals surface area contributed by atoms with Crippen LogP contribution in [-0.4, -0.2) is 29.3 Å². The minimum Gasteiger partial charge on any atom is -0.376 e. The quantitative estimate of drug-likeness (QED) is 0.793. The van der Waals surface area contributed by atoms with Gasteiger partial charge in [0.25, 0.3) is 0 Å². The molecule has 0 saturated heterocycles. The Morgan fingerprint density at radius 1 is 1.41 bits per heavy atom. The molecule has 1 heterocycles. The molecule has 4 heteroatoms. The molecule has 0 aliphatic rings. The minimum atomic E-state index is 0.143. The van der Waals surface area contributed by atoms with Crippen molar-refractivity contribution in [2.24, 2.45) is 5.92 Å². The molecule has 4 nitrogen and oxygen atoms in total. The first-order valence-corrected chi connectivity index (χ1v) is 6.45. The molecular formula is C13H25N3O. The third kappa shape index (κ3) is 3.30. The molecule has 0 fully saturated rings. The van der Waals surface area contributed by atoms with Gasteiger partial charge in [0.05, 0.1) is 12.1 Å². The first-order valence-electron chi connectivity index (χ1n) is 6.45. The van der Waals surface area contributed by atoms with Gasteiger partial charge in [0.1, 0.15) is 5.82 Å². The number of nitrogens with zero attached hydrogens (tertiary/aromatic N) is 2. The van der Waals surface area contributed by atoms with Crippen LogP contribution >= 0.6 is 0 Å². The van der Waals surface area contributed by atoms with Crippen molar-refractivity contribution < 1.29 is 4.74 Å². The summed E-state index contributed by atoms with van der Waals surface area (Å²) in [5, 5.41) is 3.34. The van der Waals surface area contributed by atoms with Gasteiger partial charge in [0, 0.05) is 25.5 Å². The average molecular weight is 239 g/mol. The smallest absolute Gasteiger partial charge is 0.128 e. The average Bonchev–Trinajstić information content (AvgIpc) is 2.77. The van der Waals surface area contributed by atoms with E-state index in [1.165, 1.54) is 0 Å². The highest BCUT2D eigenvalue weighted by molar-refractivity contribution is 5.02. The summed E-state index contributed by atoms with van der Waals surface area (Å²) >= 11 is 0. The van der Waals surface area contributed by atoms with E-state index in [9.17, 15) is 0 Å². The number of hydrogen-bond donors (Lipinski definition) is 1. The molecule has 98 valence electrons. The van der Waals surface area contributed by atoms with Gasteiger partial charge in [-0.2, -0.15) is 0 Å². The highest BCUT2D eigenvalue weighted by Crippen LogP contribution is 2.23. The van der Waals surface area contributed by atoms with Crippen molar-refractivity contribution in [2.75, 3.05) is 13.7 Å². The summed E-state index contributed by atoms with van der Waals surface area (Å²) < 4.78 is 8.03. The summed E-state index contributed by atoms with van der Waals surface area (Å²) in [5.41, 5.74) is 0. The zero-order chi connectivity index (χ0) is 12.8. The lowest BCUT2D eigenvalue weighted by molar-refractivity contribution is 0.00179. The maximum Gasteiger partial charge on any atom is 0.128 e. The predicted molar refractivity (Wildman–Crippen MR) is 70.0 cm³/mol. The Bertz CT molecular complexity index is 322. The summed E-state index contributed by atoms with van der Waals surface area (Å²) in [6, 6.07) is 0.143. The van der Waals surface area contributed by atoms with E-state index >= 15 is 0 Å². The zero-order valence-corrected chi connectivity index (χ0v) is 11.6. The Kier molecular flexibility index (Phi) is 5.65. The van der Waals surface area contributed by atoms with E-state index in [1.54, 1.807) is 0 Å². The molecule has 17 heavy (non-hydrogen) atoms. The molecule has 0 spiro atoms. The Labute approximate surface area is 104 Å². The number of aromatic nitrogens is 2. The maximum atomic E-state index is 5.86. The van der Waals surface area contributed by atoms with Crippen LogP contribution in [0.2, 0.25) is 0 Å². The molecular weight excluding hydrogens is 214 g/mol. The first-order chi connectivity index (χ1) is 8.15. The fourth-order valence-corrected chi connectivity index (χ4v) is 2.17. The van der Waals surface area contributed by atoms with Gasteiger partial charge in [-0.05, 0) is 26.8 Å². The Morgan fingerprint density at radius 2 is 2.12 bits per heavy atom. The van der Waals surface area contributed by atoms with E-state index < -0.39 is 0 Å². The minimum absolute atomic E-state index is 0.143. The molecule has 0 amide bonds. The van der Waals surface area contributed by atoms with E-state index in [0.717, 1.165) is 19.0 Å². The van der Waals surface area contributed by atoms with Gasteiger partial charge in [-0.1, -0.05) is 13.8 Å². The molecule has 1 N–H and O–H groups in total. The molecule has 0 aliphatic heterocycles. The van der Waals surface area contributed by atoms with Gasteiger partial charge in [0.15, 0.2) is 0 Å². The largest absolute Gasteiger partial charge is 0.376 e. The monoisotopic (exact) mass is 239 g/mol. The lowest BCUT2D eigenvalue weighted by atomic mass is 9.98. The van der Waals surface area contributed by atoms with Crippen molar-refractivity contribution >= 4 is 0 Å². The lowest BCUT2D eigenvalue weighted by Crippen LogP contribution is -2.37. The first kappa shape index (κ1) is 14.2. The second kappa shape index (κ2) is 6.77. The Morgan fingerprint density at radius 3 is 2.59 bits per heavy atom. The van der Waals surface area contributed by atoms with Crippen LogP contribution in [-0.2, 0) is 11.3 Å². The van der Waals surface area contributed by atoms with Crippen molar-refractivity contribution in [3.05, 3.63) is 18.2 Å². The SMILES string of the molecule is CCOC(C(C)C)C(NC)c1nccn1CC. The second-order valence-corrected chi connectivity index (χ2v) is 4.50. The molecule has 1 aromatic heterocycles. The van der Waals surface area contributed by atoms with Gasteiger partial charge < -0.3 is 14.6 Å². The number of aryl methyl sites for hydroxylation is 1. The zero-order valence-electron chi connectivity index (χ0n) is 11.6. The third-order valence-corrected chi connectivity index (χ3v) is 3.02. The van der Waals surface area contributed by atoms with Gasteiger partial charge >= 0.3 is 0 Å². The second-order valence-electron chi connectivity index (χ2n) is 4.50. The van der Waals surface area contributed by atoms with E-state index in [4.69, 9.17) is 4.74 Å². The van der Waals surface area contributed by atoms with E-state index in [-0.39, 0.29) is 12.1 Å². The van der Waals surface area contributed by atoms with Crippen LogP contribution in [0.3, 0.4) is 0 Å². The van der Waals surface area contributed by atoms with E-state index in [1.807, 2.05) is 26.4 Å². The number of ether oxygens (including phenoxy) is 1. The molecule has 0 aliphatic carbocycles. The number of imidazole rings is 1. The predicted octanol–water partition coefficient (Wildman–Crippen LogP) is 2.22. The lowest BCUT2D eigenvalue weighted by Gasteiger charge is -2.29.